The summed E-state index contributed by atoms with van der Waals surface area (Å²) in [6.45, 7) is -12.9. The van der Waals surface area contributed by atoms with Crippen molar-refractivity contribution in [3.05, 3.63) is 116 Å². The van der Waals surface area contributed by atoms with E-state index in [0.717, 1.165) is 32.5 Å². The molecule has 1 aliphatic carbocycles. The molecule has 0 saturated heterocycles. The number of carbonyl (C=O) groups excluding carboxylic acids is 1. The van der Waals surface area contributed by atoms with Crippen molar-refractivity contribution in [2.75, 3.05) is 26.0 Å². The summed E-state index contributed by atoms with van der Waals surface area (Å²) in [5.74, 6) is -1.71. The number of thioether (sulfide) groups is 1. The van der Waals surface area contributed by atoms with E-state index in [1.54, 1.807) is 0 Å². The summed E-state index contributed by atoms with van der Waals surface area (Å²) in [6.07, 6.45) is -4.35. The molecule has 5 rings (SSSR count). The van der Waals surface area contributed by atoms with Gasteiger partial charge in [0.2, 0.25) is 5.91 Å². The Labute approximate surface area is 303 Å². The summed E-state index contributed by atoms with van der Waals surface area (Å²) in [4.78, 5) is 32.3. The van der Waals surface area contributed by atoms with Crippen LogP contribution in [-0.2, 0) is 42.7 Å². The molecule has 6 nitrogen and oxygen atoms in total. The van der Waals surface area contributed by atoms with Gasteiger partial charge in [0.1, 0.15) is 12.4 Å². The molecule has 1 aromatic heterocycles. The van der Waals surface area contributed by atoms with Gasteiger partial charge in [0.25, 0.3) is 5.56 Å². The Morgan fingerprint density at radius 3 is 2.38 bits per heavy atom. The highest BCUT2D eigenvalue weighted by Gasteiger charge is 2.30. The van der Waals surface area contributed by atoms with Crippen LogP contribution in [0.4, 0.5) is 17.6 Å². The molecular formula is C37H40F4N4O2S. The normalized spacial score (nSPS) is 18.5. The molecule has 1 aliphatic rings. The number of likely N-dealkylation sites (N-methyl/N-ethyl adjacent to an activating group) is 1. The van der Waals surface area contributed by atoms with Gasteiger partial charge in [-0.05, 0) is 91.2 Å². The molecule has 0 fully saturated rings. The smallest absolute Gasteiger partial charge is 0.336 e. The predicted molar refractivity (Wildman–Crippen MR) is 181 cm³/mol. The largest absolute Gasteiger partial charge is 0.416 e. The van der Waals surface area contributed by atoms with E-state index >= 15 is 0 Å². The third kappa shape index (κ3) is 8.54. The van der Waals surface area contributed by atoms with Crippen molar-refractivity contribution in [1.82, 2.24) is 19.4 Å². The highest BCUT2D eigenvalue weighted by molar-refractivity contribution is 7.98. The maximum atomic E-state index is 14.8. The number of hydrogen-bond donors (Lipinski definition) is 0. The van der Waals surface area contributed by atoms with E-state index in [2.05, 4.69) is 4.98 Å². The fourth-order valence-electron chi connectivity index (χ4n) is 4.88. The summed E-state index contributed by atoms with van der Waals surface area (Å²) in [7, 11) is 0. The van der Waals surface area contributed by atoms with Crippen LogP contribution in [0.5, 0.6) is 0 Å². The first-order valence-electron chi connectivity index (χ1n) is 22.1. The van der Waals surface area contributed by atoms with Gasteiger partial charge in [-0.1, -0.05) is 68.0 Å². The molecule has 1 heterocycles. The lowest BCUT2D eigenvalue weighted by molar-refractivity contribution is -0.137. The fourth-order valence-corrected chi connectivity index (χ4v) is 5.85. The number of benzene rings is 3. The third-order valence-corrected chi connectivity index (χ3v) is 8.45. The second-order valence-corrected chi connectivity index (χ2v) is 11.5. The van der Waals surface area contributed by atoms with Crippen LogP contribution in [0.3, 0.4) is 0 Å². The van der Waals surface area contributed by atoms with E-state index < -0.39 is 127 Å². The second-order valence-electron chi connectivity index (χ2n) is 10.6. The molecule has 0 atom stereocenters. The number of amides is 1. The van der Waals surface area contributed by atoms with E-state index in [1.165, 1.54) is 28.8 Å². The van der Waals surface area contributed by atoms with E-state index in [-0.39, 0.29) is 44.7 Å². The van der Waals surface area contributed by atoms with Crippen LogP contribution in [0, 0.1) is 12.7 Å². The lowest BCUT2D eigenvalue weighted by Gasteiger charge is -2.28. The Balaban J connectivity index is 1.73. The summed E-state index contributed by atoms with van der Waals surface area (Å²) in [6, 6.07) is -3.09. The molecule has 4 aromatic rings. The van der Waals surface area contributed by atoms with Crippen molar-refractivity contribution in [3.8, 4) is 11.1 Å². The van der Waals surface area contributed by atoms with Crippen LogP contribution >= 0.6 is 11.8 Å². The predicted octanol–water partition coefficient (Wildman–Crippen LogP) is 7.53. The van der Waals surface area contributed by atoms with Crippen molar-refractivity contribution in [3.63, 3.8) is 0 Å². The first kappa shape index (κ1) is 20.5. The van der Waals surface area contributed by atoms with Gasteiger partial charge in [-0.2, -0.15) is 18.2 Å². The van der Waals surface area contributed by atoms with Crippen molar-refractivity contribution in [1.29, 1.82) is 0 Å². The van der Waals surface area contributed by atoms with Crippen molar-refractivity contribution >= 4 is 17.7 Å². The molecule has 0 spiro atoms. The van der Waals surface area contributed by atoms with Crippen LogP contribution in [0.15, 0.2) is 76.5 Å². The Morgan fingerprint density at radius 1 is 1.02 bits per heavy atom. The van der Waals surface area contributed by atoms with Gasteiger partial charge in [0.15, 0.2) is 5.16 Å². The molecule has 0 saturated carbocycles. The maximum Gasteiger partial charge on any atom is 0.416 e. The van der Waals surface area contributed by atoms with Crippen molar-refractivity contribution in [2.24, 2.45) is 0 Å². The Kier molecular flexibility index (Phi) is 6.63. The third-order valence-electron chi connectivity index (χ3n) is 7.40. The average Bonchev–Trinajstić information content (AvgIpc) is 3.65. The Bertz CT molecular complexity index is 2460. The second kappa shape index (κ2) is 15.5. The highest BCUT2D eigenvalue weighted by atomic mass is 32.2. The van der Waals surface area contributed by atoms with Gasteiger partial charge >= 0.3 is 6.18 Å². The molecule has 48 heavy (non-hydrogen) atoms. The fraction of sp³-hybridized carbons (Fsp3) is 0.378. The molecule has 0 aliphatic heterocycles. The standard InChI is InChI=1S/C37H40F4N4O2S/c1-4-43(5-2)19-20-44(22-29-12-11-28(21-25(29)3)27-13-15-30(16-14-27)37(39,40)41)34(46)23-45-33-8-6-7-32(33)35(47)42-36(45)48-24-26-9-17-31(38)18-10-26/h9-18,21H,4-8,19-20,22-24H2,1-3H3/i4D2,5D2,11D,12D,13D,14D,15D,16D,19D2,20D2,21D. The molecule has 0 N–H and O–H groups in total. The molecule has 0 unspecified atom stereocenters. The quantitative estimate of drug-likeness (QED) is 0.0823. The van der Waals surface area contributed by atoms with Crippen LogP contribution < -0.4 is 5.56 Å². The Hall–Kier alpha value is -3.96. The zero-order chi connectivity index (χ0) is 47.7. The number of rotatable bonds is 13. The molecular weight excluding hydrogens is 640 g/mol. The zero-order valence-electron chi connectivity index (χ0n) is 41.1. The molecule has 0 radical (unpaired) electrons. The molecule has 3 aromatic carbocycles. The number of hydrogen-bond acceptors (Lipinski definition) is 5. The number of fused-ring (bicyclic) bond motifs is 1. The van der Waals surface area contributed by atoms with Gasteiger partial charge in [0.05, 0.1) is 17.9 Å². The number of halogens is 4. The summed E-state index contributed by atoms with van der Waals surface area (Å²) >= 11 is 0.967. The van der Waals surface area contributed by atoms with Gasteiger partial charge in [0, 0.05) is 44.8 Å². The van der Waals surface area contributed by atoms with E-state index in [1.807, 2.05) is 0 Å². The highest BCUT2D eigenvalue weighted by Crippen LogP contribution is 2.32. The molecule has 1 amide bonds. The topological polar surface area (TPSA) is 58.4 Å². The Morgan fingerprint density at radius 2 is 1.71 bits per heavy atom. The number of nitrogens with zero attached hydrogens (tertiary/aromatic N) is 4. The number of carbonyl (C=O) groups is 1. The lowest BCUT2D eigenvalue weighted by Crippen LogP contribution is -2.40. The van der Waals surface area contributed by atoms with Crippen molar-refractivity contribution in [2.45, 2.75) is 70.2 Å². The minimum atomic E-state index is -5.33. The first-order valence-corrected chi connectivity index (χ1v) is 15.6. The van der Waals surface area contributed by atoms with Crippen molar-refractivity contribution < 1.29 is 42.9 Å². The number of alkyl halides is 3. The zero-order valence-corrected chi connectivity index (χ0v) is 26.9. The minimum Gasteiger partial charge on any atom is -0.336 e. The van der Waals surface area contributed by atoms with E-state index in [4.69, 9.17) is 17.8 Å². The SMILES string of the molecule is [2H]c1c([2H])c(-c2c([2H])c([2H])c(C(F)(F)F)c([2H])c2[2H])c([2H])c(C)c1CN(C(=O)Cn1c(SCc2ccc(F)cc2)nc(=O)c2c1CCC2)C([2H])([2H])C([2H])([2H])N(C([2H])([2H])C)C([2H])([2H])C. The van der Waals surface area contributed by atoms with Gasteiger partial charge < -0.3 is 14.4 Å². The van der Waals surface area contributed by atoms with Gasteiger partial charge in [-0.3, -0.25) is 9.59 Å². The molecule has 254 valence electrons. The van der Waals surface area contributed by atoms with Crippen LogP contribution in [-0.4, -0.2) is 51.2 Å². The summed E-state index contributed by atoms with van der Waals surface area (Å²) in [5.41, 5.74) is -3.97. The molecule has 11 heteroatoms. The van der Waals surface area contributed by atoms with Crippen LogP contribution in [0.2, 0.25) is 0 Å². The van der Waals surface area contributed by atoms with E-state index in [9.17, 15) is 29.9 Å². The van der Waals surface area contributed by atoms with Crippen LogP contribution in [0.25, 0.3) is 11.1 Å². The van der Waals surface area contributed by atoms with E-state index in [0.29, 0.717) is 17.7 Å². The molecule has 0 bridgehead atoms. The summed E-state index contributed by atoms with van der Waals surface area (Å²) in [5, 5.41) is -0.0432. The monoisotopic (exact) mass is 695 g/mol. The number of aromatic nitrogens is 2. The van der Waals surface area contributed by atoms with Gasteiger partial charge in [-0.25, -0.2) is 4.39 Å². The first-order chi connectivity index (χ1) is 28.8. The lowest BCUT2D eigenvalue weighted by atomic mass is 9.98. The maximum absolute atomic E-state index is 14.8. The van der Waals surface area contributed by atoms with Gasteiger partial charge in [-0.15, -0.1) is 0 Å². The summed E-state index contributed by atoms with van der Waals surface area (Å²) < 4.78 is 186. The minimum absolute atomic E-state index is 0.0432. The van der Waals surface area contributed by atoms with Crippen LogP contribution in [0.1, 0.15) is 74.3 Å². The average molecular weight is 696 g/mol.